The minimum absolute atomic E-state index is 0.432. The largest absolute Gasteiger partial charge is 0.229 e. The monoisotopic (exact) mass is 183 g/mol. The van der Waals surface area contributed by atoms with Gasteiger partial charge in [-0.15, -0.1) is 0 Å². The summed E-state index contributed by atoms with van der Waals surface area (Å²) < 4.78 is 0. The average molecular weight is 183 g/mol. The smallest absolute Gasteiger partial charge is 0.0610 e. The summed E-state index contributed by atoms with van der Waals surface area (Å²) in [6, 6.07) is 0.432. The van der Waals surface area contributed by atoms with Crippen molar-refractivity contribution in [2.24, 2.45) is 16.3 Å². The molecule has 0 spiro atoms. The van der Waals surface area contributed by atoms with Crippen LogP contribution in [0.3, 0.4) is 0 Å². The lowest BCUT2D eigenvalue weighted by Crippen LogP contribution is -2.29. The number of aliphatic imine (C=N–C) groups is 1. The lowest BCUT2D eigenvalue weighted by atomic mass is 9.71. The van der Waals surface area contributed by atoms with Crippen LogP contribution in [-0.4, -0.2) is 11.2 Å². The fourth-order valence-corrected chi connectivity index (χ4v) is 2.62. The first-order chi connectivity index (χ1) is 5.53. The molecule has 0 bridgehead atoms. The quantitative estimate of drug-likeness (QED) is 0.449. The summed E-state index contributed by atoms with van der Waals surface area (Å²) in [7, 11) is 0. The second-order valence-corrected chi connectivity index (χ2v) is 4.97. The topological polar surface area (TPSA) is 12.4 Å². The lowest BCUT2D eigenvalue weighted by molar-refractivity contribution is 0.171. The van der Waals surface area contributed by atoms with Crippen LogP contribution >= 0.6 is 12.2 Å². The van der Waals surface area contributed by atoms with Gasteiger partial charge in [-0.2, -0.15) is 0 Å². The first kappa shape index (κ1) is 9.88. The Labute approximate surface area is 80.3 Å². The van der Waals surface area contributed by atoms with E-state index >= 15 is 0 Å². The second-order valence-electron chi connectivity index (χ2n) is 4.79. The van der Waals surface area contributed by atoms with Crippen molar-refractivity contribution in [2.45, 2.75) is 46.1 Å². The highest BCUT2D eigenvalue weighted by Gasteiger charge is 2.31. The van der Waals surface area contributed by atoms with E-state index in [-0.39, 0.29) is 0 Å². The van der Waals surface area contributed by atoms with Gasteiger partial charge in [0.25, 0.3) is 0 Å². The zero-order chi connectivity index (χ0) is 9.19. The van der Waals surface area contributed by atoms with Crippen molar-refractivity contribution in [1.29, 1.82) is 0 Å². The molecule has 1 saturated carbocycles. The normalized spacial score (nSPS) is 33.9. The zero-order valence-electron chi connectivity index (χ0n) is 8.13. The number of hydrogen-bond acceptors (Lipinski definition) is 2. The van der Waals surface area contributed by atoms with Gasteiger partial charge < -0.3 is 0 Å². The summed E-state index contributed by atoms with van der Waals surface area (Å²) in [5.41, 5.74) is 0.442. The molecule has 1 fully saturated rings. The van der Waals surface area contributed by atoms with Crippen molar-refractivity contribution in [2.75, 3.05) is 0 Å². The van der Waals surface area contributed by atoms with Crippen molar-refractivity contribution in [3.05, 3.63) is 0 Å². The Balaban J connectivity index is 2.63. The molecule has 0 saturated heterocycles. The van der Waals surface area contributed by atoms with E-state index in [0.29, 0.717) is 11.5 Å². The van der Waals surface area contributed by atoms with Crippen LogP contribution in [0.1, 0.15) is 40.0 Å². The van der Waals surface area contributed by atoms with Gasteiger partial charge in [-0.3, -0.25) is 0 Å². The third kappa shape index (κ3) is 2.69. The Morgan fingerprint density at radius 2 is 2.08 bits per heavy atom. The molecule has 1 nitrogen and oxygen atoms in total. The van der Waals surface area contributed by atoms with Crippen LogP contribution in [0.4, 0.5) is 0 Å². The summed E-state index contributed by atoms with van der Waals surface area (Å²) in [5, 5.41) is 2.50. The molecule has 0 aliphatic heterocycles. The van der Waals surface area contributed by atoms with E-state index in [0.717, 1.165) is 5.92 Å². The standard InChI is InChI=1S/C10H17NS/c1-8-4-9(11-7-12)6-10(2,3)5-8/h8-9H,4-6H2,1-3H3/t8-,9-/m1/s1. The van der Waals surface area contributed by atoms with Gasteiger partial charge in [0.2, 0.25) is 0 Å². The summed E-state index contributed by atoms with van der Waals surface area (Å²) >= 11 is 4.63. The Hall–Kier alpha value is -0.200. The highest BCUT2D eigenvalue weighted by molar-refractivity contribution is 7.78. The van der Waals surface area contributed by atoms with Gasteiger partial charge in [-0.1, -0.05) is 20.8 Å². The molecule has 68 valence electrons. The van der Waals surface area contributed by atoms with Crippen LogP contribution in [0, 0.1) is 11.3 Å². The third-order valence-corrected chi connectivity index (χ3v) is 2.70. The number of hydrogen-bond donors (Lipinski definition) is 0. The fraction of sp³-hybridized carbons (Fsp3) is 0.900. The molecule has 0 aromatic carbocycles. The van der Waals surface area contributed by atoms with Crippen molar-refractivity contribution >= 4 is 17.4 Å². The summed E-state index contributed by atoms with van der Waals surface area (Å²) in [5.74, 6) is 0.783. The Morgan fingerprint density at radius 3 is 2.58 bits per heavy atom. The maximum absolute atomic E-state index is 4.63. The molecule has 0 aromatic heterocycles. The minimum atomic E-state index is 0.432. The van der Waals surface area contributed by atoms with Gasteiger partial charge in [0, 0.05) is 0 Å². The Morgan fingerprint density at radius 1 is 1.42 bits per heavy atom. The molecule has 0 N–H and O–H groups in total. The number of rotatable bonds is 1. The molecular formula is C10H17NS. The third-order valence-electron chi connectivity index (χ3n) is 2.60. The molecular weight excluding hydrogens is 166 g/mol. The maximum Gasteiger partial charge on any atom is 0.0610 e. The highest BCUT2D eigenvalue weighted by Crippen LogP contribution is 2.39. The Kier molecular flexibility index (Phi) is 3.03. The molecule has 0 aromatic rings. The second kappa shape index (κ2) is 3.68. The molecule has 0 unspecified atom stereocenters. The van der Waals surface area contributed by atoms with Gasteiger partial charge >= 0.3 is 0 Å². The van der Waals surface area contributed by atoms with E-state index in [1.165, 1.54) is 19.3 Å². The van der Waals surface area contributed by atoms with E-state index in [4.69, 9.17) is 0 Å². The van der Waals surface area contributed by atoms with E-state index in [1.54, 1.807) is 0 Å². The van der Waals surface area contributed by atoms with Crippen LogP contribution in [0.25, 0.3) is 0 Å². The van der Waals surface area contributed by atoms with E-state index in [9.17, 15) is 0 Å². The van der Waals surface area contributed by atoms with Crippen molar-refractivity contribution < 1.29 is 0 Å². The van der Waals surface area contributed by atoms with Crippen molar-refractivity contribution in [3.8, 4) is 0 Å². The average Bonchev–Trinajstić information content (AvgIpc) is 1.82. The summed E-state index contributed by atoms with van der Waals surface area (Å²) in [4.78, 5) is 4.19. The maximum atomic E-state index is 4.63. The lowest BCUT2D eigenvalue weighted by Gasteiger charge is -2.36. The minimum Gasteiger partial charge on any atom is -0.229 e. The molecule has 1 aliphatic rings. The number of isothiocyanates is 1. The first-order valence-electron chi connectivity index (χ1n) is 4.60. The van der Waals surface area contributed by atoms with Gasteiger partial charge in [0.15, 0.2) is 0 Å². The molecule has 2 heteroatoms. The van der Waals surface area contributed by atoms with Crippen molar-refractivity contribution in [1.82, 2.24) is 0 Å². The van der Waals surface area contributed by atoms with Gasteiger partial charge in [-0.25, -0.2) is 4.99 Å². The SMILES string of the molecule is C[C@@H]1C[C@@H](N=C=S)CC(C)(C)C1. The summed E-state index contributed by atoms with van der Waals surface area (Å²) in [6.07, 6.45) is 3.67. The van der Waals surface area contributed by atoms with Crippen LogP contribution < -0.4 is 0 Å². The molecule has 1 aliphatic carbocycles. The van der Waals surface area contributed by atoms with Gasteiger partial charge in [0.1, 0.15) is 0 Å². The van der Waals surface area contributed by atoms with E-state index < -0.39 is 0 Å². The van der Waals surface area contributed by atoms with Gasteiger partial charge in [0.05, 0.1) is 11.2 Å². The molecule has 2 atom stereocenters. The molecule has 12 heavy (non-hydrogen) atoms. The van der Waals surface area contributed by atoms with Crippen LogP contribution in [-0.2, 0) is 0 Å². The van der Waals surface area contributed by atoms with Crippen molar-refractivity contribution in [3.63, 3.8) is 0 Å². The highest BCUT2D eigenvalue weighted by atomic mass is 32.1. The molecule has 0 heterocycles. The van der Waals surface area contributed by atoms with Crippen LogP contribution in [0.15, 0.2) is 4.99 Å². The number of nitrogens with zero attached hydrogens (tertiary/aromatic N) is 1. The number of thiocarbonyl (C=S) groups is 1. The molecule has 1 rings (SSSR count). The van der Waals surface area contributed by atoms with Crippen LogP contribution in [0.2, 0.25) is 0 Å². The van der Waals surface area contributed by atoms with E-state index in [1.807, 2.05) is 0 Å². The predicted octanol–water partition coefficient (Wildman–Crippen LogP) is 3.30. The molecule has 0 radical (unpaired) electrons. The summed E-state index contributed by atoms with van der Waals surface area (Å²) in [6.45, 7) is 6.93. The Bertz CT molecular complexity index is 204. The fourth-order valence-electron chi connectivity index (χ4n) is 2.47. The van der Waals surface area contributed by atoms with E-state index in [2.05, 4.69) is 43.1 Å². The first-order valence-corrected chi connectivity index (χ1v) is 5.01. The predicted molar refractivity (Wildman–Crippen MR) is 55.6 cm³/mol. The molecule has 0 amide bonds. The van der Waals surface area contributed by atoms with Crippen LogP contribution in [0.5, 0.6) is 0 Å². The zero-order valence-corrected chi connectivity index (χ0v) is 8.95. The van der Waals surface area contributed by atoms with Gasteiger partial charge in [-0.05, 0) is 42.8 Å².